The highest BCUT2D eigenvalue weighted by molar-refractivity contribution is 5.68. The molecule has 1 atom stereocenters. The third-order valence-electron chi connectivity index (χ3n) is 2.44. The van der Waals surface area contributed by atoms with Gasteiger partial charge in [-0.3, -0.25) is 0 Å². The molecular weight excluding hydrogens is 234 g/mol. The van der Waals surface area contributed by atoms with Crippen LogP contribution in [0, 0.1) is 0 Å². The van der Waals surface area contributed by atoms with E-state index in [0.29, 0.717) is 0 Å². The van der Waals surface area contributed by atoms with Gasteiger partial charge in [-0.2, -0.15) is 0 Å². The minimum atomic E-state index is -0.940. The molecule has 0 aliphatic carbocycles. The Bertz CT molecular complexity index is 389. The molecule has 1 rings (SSSR count). The fraction of sp³-hybridized carbons (Fsp3) is 0.583. The van der Waals surface area contributed by atoms with E-state index in [1.54, 1.807) is 18.5 Å². The molecular formula is C12H19N3O3. The molecule has 1 N–H and O–H groups in total. The van der Waals surface area contributed by atoms with Gasteiger partial charge in [-0.1, -0.05) is 0 Å². The number of amides is 1. The van der Waals surface area contributed by atoms with Gasteiger partial charge in [0.15, 0.2) is 5.82 Å². The molecule has 0 aliphatic heterocycles. The molecule has 0 spiro atoms. The summed E-state index contributed by atoms with van der Waals surface area (Å²) in [5, 5.41) is 10.0. The summed E-state index contributed by atoms with van der Waals surface area (Å²) >= 11 is 0. The fourth-order valence-electron chi connectivity index (χ4n) is 1.47. The van der Waals surface area contributed by atoms with Crippen LogP contribution in [-0.4, -0.2) is 45.3 Å². The van der Waals surface area contributed by atoms with Crippen LogP contribution in [0.25, 0.3) is 0 Å². The van der Waals surface area contributed by atoms with E-state index in [4.69, 9.17) is 4.74 Å². The number of nitrogens with zero attached hydrogens (tertiary/aromatic N) is 3. The maximum Gasteiger partial charge on any atom is 0.410 e. The van der Waals surface area contributed by atoms with Crippen molar-refractivity contribution in [2.75, 3.05) is 13.7 Å². The first-order chi connectivity index (χ1) is 8.36. The lowest BCUT2D eigenvalue weighted by atomic mass is 10.1. The summed E-state index contributed by atoms with van der Waals surface area (Å²) in [4.78, 5) is 21.0. The Labute approximate surface area is 107 Å². The number of carbonyl (C=O) groups is 1. The van der Waals surface area contributed by atoms with Gasteiger partial charge in [-0.05, 0) is 26.8 Å². The van der Waals surface area contributed by atoms with Crippen LogP contribution in [0.15, 0.2) is 18.5 Å². The normalized spacial score (nSPS) is 12.9. The molecule has 1 amide bonds. The monoisotopic (exact) mass is 253 g/mol. The van der Waals surface area contributed by atoms with Crippen LogP contribution >= 0.6 is 0 Å². The molecule has 0 fully saturated rings. The van der Waals surface area contributed by atoms with Gasteiger partial charge >= 0.3 is 6.09 Å². The molecule has 6 nitrogen and oxygen atoms in total. The van der Waals surface area contributed by atoms with Gasteiger partial charge in [-0.15, -0.1) is 0 Å². The second-order valence-electron chi connectivity index (χ2n) is 4.87. The molecule has 0 aliphatic rings. The van der Waals surface area contributed by atoms with Crippen molar-refractivity contribution < 1.29 is 14.6 Å². The molecule has 0 unspecified atom stereocenters. The molecule has 0 saturated heterocycles. The molecule has 18 heavy (non-hydrogen) atoms. The number of hydrogen-bond acceptors (Lipinski definition) is 5. The number of carbonyl (C=O) groups excluding carboxylic acids is 1. The number of aliphatic hydroxyl groups excluding tert-OH is 1. The van der Waals surface area contributed by atoms with Crippen molar-refractivity contribution in [3.63, 3.8) is 0 Å². The van der Waals surface area contributed by atoms with Crippen molar-refractivity contribution in [1.82, 2.24) is 14.9 Å². The number of hydrogen-bond donors (Lipinski definition) is 1. The summed E-state index contributed by atoms with van der Waals surface area (Å²) in [7, 11) is 1.31. The summed E-state index contributed by atoms with van der Waals surface area (Å²) in [5.41, 5.74) is -0.456. The average molecular weight is 253 g/mol. The molecule has 100 valence electrons. The van der Waals surface area contributed by atoms with Crippen molar-refractivity contribution in [3.05, 3.63) is 24.3 Å². The van der Waals surface area contributed by atoms with E-state index in [2.05, 4.69) is 9.97 Å². The Morgan fingerprint density at radius 2 is 2.00 bits per heavy atom. The highest BCUT2D eigenvalue weighted by atomic mass is 16.5. The predicted octanol–water partition coefficient (Wildman–Crippen LogP) is 1.38. The Kier molecular flexibility index (Phi) is 4.61. The zero-order valence-electron chi connectivity index (χ0n) is 11.1. The lowest BCUT2D eigenvalue weighted by molar-refractivity contribution is 0.0434. The van der Waals surface area contributed by atoms with Crippen LogP contribution in [0.5, 0.6) is 0 Å². The van der Waals surface area contributed by atoms with E-state index in [0.717, 1.165) is 0 Å². The van der Waals surface area contributed by atoms with Gasteiger partial charge in [0, 0.05) is 17.9 Å². The summed E-state index contributed by atoms with van der Waals surface area (Å²) < 4.78 is 4.71. The van der Waals surface area contributed by atoms with Gasteiger partial charge in [0.25, 0.3) is 0 Å². The van der Waals surface area contributed by atoms with E-state index in [1.165, 1.54) is 12.0 Å². The first-order valence-electron chi connectivity index (χ1n) is 5.67. The third-order valence-corrected chi connectivity index (χ3v) is 2.44. The van der Waals surface area contributed by atoms with Gasteiger partial charge in [0.1, 0.15) is 6.10 Å². The lowest BCUT2D eigenvalue weighted by Gasteiger charge is -2.35. The van der Waals surface area contributed by atoms with Gasteiger partial charge in [-0.25, -0.2) is 14.8 Å². The number of aromatic nitrogens is 2. The lowest BCUT2D eigenvalue weighted by Crippen LogP contribution is -2.47. The number of ether oxygens (including phenoxy) is 1. The van der Waals surface area contributed by atoms with Crippen LogP contribution in [0.1, 0.15) is 32.7 Å². The summed E-state index contributed by atoms with van der Waals surface area (Å²) in [6.45, 7) is 5.67. The van der Waals surface area contributed by atoms with Crippen molar-refractivity contribution in [1.29, 1.82) is 0 Å². The van der Waals surface area contributed by atoms with Crippen LogP contribution in [0.4, 0.5) is 4.79 Å². The highest BCUT2D eigenvalue weighted by Crippen LogP contribution is 2.19. The largest absolute Gasteiger partial charge is 0.453 e. The molecule has 0 aromatic carbocycles. The standard InChI is InChI=1S/C12H19N3O3/c1-12(2,3)15(11(17)18-4)8-9(16)10-13-6-5-7-14-10/h5-7,9,16H,8H2,1-4H3/t9-/m1/s1. The Balaban J connectivity index is 2.82. The zero-order valence-corrected chi connectivity index (χ0v) is 11.1. The Hall–Kier alpha value is -1.69. The topological polar surface area (TPSA) is 75.5 Å². The number of aliphatic hydroxyl groups is 1. The first kappa shape index (κ1) is 14.4. The van der Waals surface area contributed by atoms with E-state index >= 15 is 0 Å². The molecule has 0 saturated carbocycles. The van der Waals surface area contributed by atoms with E-state index in [-0.39, 0.29) is 12.4 Å². The SMILES string of the molecule is COC(=O)N(C[C@@H](O)c1ncccn1)C(C)(C)C. The summed E-state index contributed by atoms with van der Waals surface area (Å²) in [5.74, 6) is 0.288. The fourth-order valence-corrected chi connectivity index (χ4v) is 1.47. The summed E-state index contributed by atoms with van der Waals surface area (Å²) in [6, 6.07) is 1.66. The predicted molar refractivity (Wildman–Crippen MR) is 65.9 cm³/mol. The van der Waals surface area contributed by atoms with E-state index in [9.17, 15) is 9.90 Å². The smallest absolute Gasteiger partial charge is 0.410 e. The van der Waals surface area contributed by atoms with E-state index in [1.807, 2.05) is 20.8 Å². The van der Waals surface area contributed by atoms with E-state index < -0.39 is 17.7 Å². The Morgan fingerprint density at radius 1 is 1.44 bits per heavy atom. The Morgan fingerprint density at radius 3 is 2.44 bits per heavy atom. The molecule has 1 aromatic heterocycles. The number of methoxy groups -OCH3 is 1. The third kappa shape index (κ3) is 3.66. The van der Waals surface area contributed by atoms with Crippen LogP contribution in [-0.2, 0) is 4.74 Å². The quantitative estimate of drug-likeness (QED) is 0.880. The van der Waals surface area contributed by atoms with Crippen molar-refractivity contribution in [2.45, 2.75) is 32.4 Å². The van der Waals surface area contributed by atoms with Gasteiger partial charge in [0.05, 0.1) is 13.7 Å². The van der Waals surface area contributed by atoms with Crippen molar-refractivity contribution in [3.8, 4) is 0 Å². The first-order valence-corrected chi connectivity index (χ1v) is 5.67. The van der Waals surface area contributed by atoms with Crippen LogP contribution < -0.4 is 0 Å². The molecule has 1 heterocycles. The van der Waals surface area contributed by atoms with Crippen LogP contribution in [0.3, 0.4) is 0 Å². The minimum Gasteiger partial charge on any atom is -0.453 e. The number of β-amino-alcohol motifs (C(OH)–C–C–N with tert-alkyl or cyclic N) is 1. The van der Waals surface area contributed by atoms with Gasteiger partial charge < -0.3 is 14.7 Å². The second-order valence-corrected chi connectivity index (χ2v) is 4.87. The maximum atomic E-state index is 11.7. The molecule has 0 radical (unpaired) electrons. The van der Waals surface area contributed by atoms with Gasteiger partial charge in [0.2, 0.25) is 0 Å². The van der Waals surface area contributed by atoms with Crippen molar-refractivity contribution >= 4 is 6.09 Å². The minimum absolute atomic E-state index is 0.0835. The molecule has 6 heteroatoms. The molecule has 1 aromatic rings. The average Bonchev–Trinajstić information content (AvgIpc) is 2.34. The number of rotatable bonds is 3. The zero-order chi connectivity index (χ0) is 13.8. The second kappa shape index (κ2) is 5.77. The summed E-state index contributed by atoms with van der Waals surface area (Å²) in [6.07, 6.45) is 1.66. The molecule has 0 bridgehead atoms. The highest BCUT2D eigenvalue weighted by Gasteiger charge is 2.30. The maximum absolute atomic E-state index is 11.7. The van der Waals surface area contributed by atoms with Crippen molar-refractivity contribution in [2.24, 2.45) is 0 Å². The van der Waals surface area contributed by atoms with Crippen LogP contribution in [0.2, 0.25) is 0 Å².